The van der Waals surface area contributed by atoms with Crippen LogP contribution in [0.4, 0.5) is 24.7 Å². The number of hydrogen-bond acceptors (Lipinski definition) is 9. The second kappa shape index (κ2) is 7.35. The SMILES string of the molecule is C[C@@]1(c2cc(Nc3ncnc4cc(C#N)cnc34)ccc2F)CS(=O)(=O)C2(CC(F)(F)C2)C(N)=N1. The Hall–Kier alpha value is -3.79. The van der Waals surface area contributed by atoms with Crippen LogP contribution in [-0.4, -0.2) is 45.6 Å². The van der Waals surface area contributed by atoms with Crippen LogP contribution in [0, 0.1) is 17.1 Å². The maximum absolute atomic E-state index is 14.9. The highest BCUT2D eigenvalue weighted by atomic mass is 32.2. The number of nitriles is 1. The lowest BCUT2D eigenvalue weighted by molar-refractivity contribution is -0.0828. The molecule has 0 radical (unpaired) electrons. The van der Waals surface area contributed by atoms with E-state index in [4.69, 9.17) is 11.0 Å². The summed E-state index contributed by atoms with van der Waals surface area (Å²) in [4.78, 5) is 16.7. The molecule has 0 saturated heterocycles. The molecule has 0 amide bonds. The Balaban J connectivity index is 1.54. The molecule has 1 saturated carbocycles. The van der Waals surface area contributed by atoms with Gasteiger partial charge >= 0.3 is 0 Å². The van der Waals surface area contributed by atoms with E-state index in [2.05, 4.69) is 25.3 Å². The van der Waals surface area contributed by atoms with Crippen LogP contribution in [0.15, 0.2) is 41.8 Å². The third-order valence-electron chi connectivity index (χ3n) is 6.40. The molecule has 0 bridgehead atoms. The number of nitrogens with two attached hydrogens (primary N) is 1. The summed E-state index contributed by atoms with van der Waals surface area (Å²) < 4.78 is 66.4. The number of anilines is 2. The Labute approximate surface area is 197 Å². The molecule has 13 heteroatoms. The number of aromatic nitrogens is 3. The summed E-state index contributed by atoms with van der Waals surface area (Å²) >= 11 is 0. The molecule has 1 atom stereocenters. The van der Waals surface area contributed by atoms with Crippen molar-refractivity contribution in [3.63, 3.8) is 0 Å². The number of nitrogens with zero attached hydrogens (tertiary/aromatic N) is 5. The van der Waals surface area contributed by atoms with E-state index in [1.54, 1.807) is 0 Å². The summed E-state index contributed by atoms with van der Waals surface area (Å²) in [7, 11) is -4.17. The minimum Gasteiger partial charge on any atom is -0.386 e. The topological polar surface area (TPSA) is 147 Å². The van der Waals surface area contributed by atoms with Gasteiger partial charge in [0, 0.05) is 30.3 Å². The Morgan fingerprint density at radius 3 is 2.57 bits per heavy atom. The Kier molecular flexibility index (Phi) is 4.83. The summed E-state index contributed by atoms with van der Waals surface area (Å²) in [5.41, 5.74) is 5.66. The van der Waals surface area contributed by atoms with Crippen LogP contribution >= 0.6 is 0 Å². The molecular formula is C22H18F3N7O2S. The molecule has 180 valence electrons. The van der Waals surface area contributed by atoms with Gasteiger partial charge in [-0.15, -0.1) is 0 Å². The van der Waals surface area contributed by atoms with Crippen molar-refractivity contribution < 1.29 is 21.6 Å². The number of amidine groups is 1. The molecule has 35 heavy (non-hydrogen) atoms. The maximum Gasteiger partial charge on any atom is 0.252 e. The first kappa shape index (κ1) is 23.0. The predicted octanol–water partition coefficient (Wildman–Crippen LogP) is 2.95. The number of hydrogen-bond donors (Lipinski definition) is 2. The molecule has 3 aromatic rings. The van der Waals surface area contributed by atoms with Gasteiger partial charge in [-0.3, -0.25) is 4.99 Å². The molecule has 3 N–H and O–H groups in total. The average Bonchev–Trinajstić information content (AvgIpc) is 2.76. The number of aliphatic imine (C=N–C) groups is 1. The summed E-state index contributed by atoms with van der Waals surface area (Å²) in [5, 5.41) is 12.1. The molecule has 2 aromatic heterocycles. The van der Waals surface area contributed by atoms with Gasteiger partial charge in [0.2, 0.25) is 0 Å². The fraction of sp³-hybridized carbons (Fsp3) is 0.318. The van der Waals surface area contributed by atoms with Gasteiger partial charge in [-0.1, -0.05) is 0 Å². The van der Waals surface area contributed by atoms with Gasteiger partial charge in [-0.25, -0.2) is 36.5 Å². The molecule has 5 rings (SSSR count). The van der Waals surface area contributed by atoms with E-state index in [0.29, 0.717) is 22.3 Å². The summed E-state index contributed by atoms with van der Waals surface area (Å²) in [5.74, 6) is -4.71. The van der Waals surface area contributed by atoms with Crippen molar-refractivity contribution in [2.75, 3.05) is 11.1 Å². The van der Waals surface area contributed by atoms with Crippen molar-refractivity contribution in [2.24, 2.45) is 10.7 Å². The normalized spacial score (nSPS) is 23.8. The molecule has 0 unspecified atom stereocenters. The predicted molar refractivity (Wildman–Crippen MR) is 121 cm³/mol. The van der Waals surface area contributed by atoms with E-state index < -0.39 is 56.3 Å². The average molecular weight is 501 g/mol. The molecule has 1 spiro atoms. The number of fused-ring (bicyclic) bond motifs is 1. The highest BCUT2D eigenvalue weighted by Gasteiger charge is 2.68. The van der Waals surface area contributed by atoms with Crippen LogP contribution in [0.5, 0.6) is 0 Å². The smallest absolute Gasteiger partial charge is 0.252 e. The lowest BCUT2D eigenvalue weighted by Crippen LogP contribution is -2.68. The highest BCUT2D eigenvalue weighted by Crippen LogP contribution is 2.54. The number of pyridine rings is 1. The van der Waals surface area contributed by atoms with Gasteiger partial charge in [-0.05, 0) is 31.2 Å². The Morgan fingerprint density at radius 1 is 1.17 bits per heavy atom. The lowest BCUT2D eigenvalue weighted by Gasteiger charge is -2.50. The first-order valence-electron chi connectivity index (χ1n) is 10.4. The lowest BCUT2D eigenvalue weighted by atomic mass is 9.78. The molecule has 1 fully saturated rings. The van der Waals surface area contributed by atoms with E-state index in [1.165, 1.54) is 37.6 Å². The second-order valence-electron chi connectivity index (χ2n) is 8.98. The summed E-state index contributed by atoms with van der Waals surface area (Å²) in [6, 6.07) is 7.43. The molecule has 1 aliphatic carbocycles. The van der Waals surface area contributed by atoms with Gasteiger partial charge < -0.3 is 11.1 Å². The first-order valence-corrected chi connectivity index (χ1v) is 12.1. The van der Waals surface area contributed by atoms with E-state index in [9.17, 15) is 21.6 Å². The van der Waals surface area contributed by atoms with Crippen LogP contribution < -0.4 is 11.1 Å². The van der Waals surface area contributed by atoms with Crippen LogP contribution in [0.1, 0.15) is 30.9 Å². The number of alkyl halides is 2. The third kappa shape index (κ3) is 3.56. The molecule has 1 aromatic carbocycles. The molecule has 3 heterocycles. The van der Waals surface area contributed by atoms with Crippen LogP contribution in [0.25, 0.3) is 11.0 Å². The van der Waals surface area contributed by atoms with Crippen molar-refractivity contribution in [1.82, 2.24) is 15.0 Å². The minimum atomic E-state index is -4.17. The largest absolute Gasteiger partial charge is 0.386 e. The molecular weight excluding hydrogens is 483 g/mol. The highest BCUT2D eigenvalue weighted by molar-refractivity contribution is 7.93. The Bertz CT molecular complexity index is 1560. The molecule has 1 aliphatic heterocycles. The number of benzene rings is 1. The third-order valence-corrected chi connectivity index (χ3v) is 9.03. The monoisotopic (exact) mass is 501 g/mol. The van der Waals surface area contributed by atoms with Crippen LogP contribution in [0.2, 0.25) is 0 Å². The fourth-order valence-electron chi connectivity index (χ4n) is 4.64. The molecule has 9 nitrogen and oxygen atoms in total. The summed E-state index contributed by atoms with van der Waals surface area (Å²) in [6.45, 7) is 1.40. The van der Waals surface area contributed by atoms with Gasteiger partial charge in [-0.2, -0.15) is 5.26 Å². The Morgan fingerprint density at radius 2 is 1.91 bits per heavy atom. The van der Waals surface area contributed by atoms with Crippen molar-refractivity contribution in [3.05, 3.63) is 53.7 Å². The zero-order valence-corrected chi connectivity index (χ0v) is 19.1. The van der Waals surface area contributed by atoms with E-state index in [0.717, 1.165) is 6.07 Å². The standard InChI is InChI=1S/C22H18F3N7O2S/c1-20(10-35(33,34)21(19(27)32-20)8-22(24,25)9-21)14-5-13(2-3-15(14)23)31-18-17-16(29-11-30-18)4-12(6-26)7-28-17/h2-5,7,11H,8-10H2,1H3,(H2,27,32)(H,29,30,31)/t20-/m0/s1. The summed E-state index contributed by atoms with van der Waals surface area (Å²) in [6.07, 6.45) is 0.766. The maximum atomic E-state index is 14.9. The van der Waals surface area contributed by atoms with Crippen LogP contribution in [-0.2, 0) is 15.4 Å². The van der Waals surface area contributed by atoms with Gasteiger partial charge in [0.25, 0.3) is 5.92 Å². The van der Waals surface area contributed by atoms with Gasteiger partial charge in [0.05, 0.1) is 16.8 Å². The van der Waals surface area contributed by atoms with Gasteiger partial charge in [0.1, 0.15) is 39.9 Å². The number of nitrogens with one attached hydrogen (secondary N) is 1. The zero-order valence-electron chi connectivity index (χ0n) is 18.3. The van der Waals surface area contributed by atoms with Crippen molar-refractivity contribution in [3.8, 4) is 6.07 Å². The minimum absolute atomic E-state index is 0.0759. The number of rotatable bonds is 3. The molecule has 2 aliphatic rings. The first-order chi connectivity index (χ1) is 16.4. The van der Waals surface area contributed by atoms with E-state index in [-0.39, 0.29) is 11.4 Å². The quantitative estimate of drug-likeness (QED) is 0.557. The van der Waals surface area contributed by atoms with E-state index in [1.807, 2.05) is 6.07 Å². The zero-order chi connectivity index (χ0) is 25.2. The number of halogens is 3. The van der Waals surface area contributed by atoms with E-state index >= 15 is 0 Å². The van der Waals surface area contributed by atoms with Crippen LogP contribution in [0.3, 0.4) is 0 Å². The van der Waals surface area contributed by atoms with Gasteiger partial charge in [0.15, 0.2) is 15.7 Å². The van der Waals surface area contributed by atoms with Crippen molar-refractivity contribution >= 4 is 38.2 Å². The van der Waals surface area contributed by atoms with Crippen molar-refractivity contribution in [1.29, 1.82) is 5.26 Å². The second-order valence-corrected chi connectivity index (χ2v) is 11.3. The van der Waals surface area contributed by atoms with Crippen molar-refractivity contribution in [2.45, 2.75) is 36.0 Å². The fourth-order valence-corrected chi connectivity index (χ4v) is 7.10. The number of sulfone groups is 1.